The Hall–Kier alpha value is -1.11. The molecule has 2 rings (SSSR count). The molecule has 0 bridgehead atoms. The van der Waals surface area contributed by atoms with Crippen LogP contribution in [0.5, 0.6) is 0 Å². The third-order valence-electron chi connectivity index (χ3n) is 2.52. The maximum Gasteiger partial charge on any atom is 0.260 e. The molecular formula is C13H11Br2NO3. The molecule has 0 atom stereocenters. The van der Waals surface area contributed by atoms with E-state index in [-0.39, 0.29) is 5.91 Å². The number of hydrogen-bond acceptors (Lipinski definition) is 3. The van der Waals surface area contributed by atoms with Crippen LogP contribution in [-0.2, 0) is 11.3 Å². The summed E-state index contributed by atoms with van der Waals surface area (Å²) < 4.78 is 11.5. The normalized spacial score (nSPS) is 10.5. The number of benzene rings is 1. The Kier molecular flexibility index (Phi) is 4.79. The quantitative estimate of drug-likeness (QED) is 0.853. The minimum Gasteiger partial charge on any atom is -0.457 e. The average molecular weight is 389 g/mol. The zero-order chi connectivity index (χ0) is 13.8. The van der Waals surface area contributed by atoms with Crippen molar-refractivity contribution in [1.29, 1.82) is 0 Å². The van der Waals surface area contributed by atoms with Crippen molar-refractivity contribution in [2.75, 3.05) is 12.4 Å². The van der Waals surface area contributed by atoms with E-state index in [2.05, 4.69) is 37.2 Å². The molecule has 0 unspecified atom stereocenters. The van der Waals surface area contributed by atoms with Gasteiger partial charge < -0.3 is 14.5 Å². The minimum atomic E-state index is -0.240. The van der Waals surface area contributed by atoms with Crippen LogP contribution in [0.4, 0.5) is 5.69 Å². The van der Waals surface area contributed by atoms with E-state index in [4.69, 9.17) is 9.15 Å². The SMILES string of the molecule is COCc1c(Br)cccc1NC(=O)c1ccoc1Br. The number of amides is 1. The molecule has 0 aliphatic rings. The van der Waals surface area contributed by atoms with Crippen molar-refractivity contribution < 1.29 is 13.9 Å². The van der Waals surface area contributed by atoms with Gasteiger partial charge in [-0.1, -0.05) is 22.0 Å². The Morgan fingerprint density at radius 2 is 2.16 bits per heavy atom. The van der Waals surface area contributed by atoms with Gasteiger partial charge in [0.05, 0.1) is 18.4 Å². The van der Waals surface area contributed by atoms with Crippen LogP contribution in [0, 0.1) is 0 Å². The Balaban J connectivity index is 2.26. The van der Waals surface area contributed by atoms with Crippen LogP contribution in [0.3, 0.4) is 0 Å². The van der Waals surface area contributed by atoms with Gasteiger partial charge in [-0.15, -0.1) is 0 Å². The molecule has 0 aliphatic carbocycles. The van der Waals surface area contributed by atoms with Crippen molar-refractivity contribution in [2.24, 2.45) is 0 Å². The Labute approximate surface area is 127 Å². The van der Waals surface area contributed by atoms with Crippen molar-refractivity contribution in [1.82, 2.24) is 0 Å². The smallest absolute Gasteiger partial charge is 0.260 e. The fraction of sp³-hybridized carbons (Fsp3) is 0.154. The zero-order valence-electron chi connectivity index (χ0n) is 10.1. The Bertz CT molecular complexity index is 595. The highest BCUT2D eigenvalue weighted by Gasteiger charge is 2.15. The van der Waals surface area contributed by atoms with E-state index < -0.39 is 0 Å². The van der Waals surface area contributed by atoms with E-state index in [1.54, 1.807) is 13.2 Å². The largest absolute Gasteiger partial charge is 0.457 e. The van der Waals surface area contributed by atoms with Crippen LogP contribution in [0.25, 0.3) is 0 Å². The first-order chi connectivity index (χ1) is 9.13. The molecule has 4 nitrogen and oxygen atoms in total. The number of hydrogen-bond donors (Lipinski definition) is 1. The van der Waals surface area contributed by atoms with Crippen LogP contribution in [0.15, 0.2) is 44.1 Å². The first-order valence-corrected chi connectivity index (χ1v) is 7.02. The van der Waals surface area contributed by atoms with Gasteiger partial charge in [0.2, 0.25) is 0 Å². The lowest BCUT2D eigenvalue weighted by molar-refractivity contribution is 0.102. The number of rotatable bonds is 4. The highest BCUT2D eigenvalue weighted by atomic mass is 79.9. The highest BCUT2D eigenvalue weighted by molar-refractivity contribution is 9.10. The van der Waals surface area contributed by atoms with Gasteiger partial charge in [0.25, 0.3) is 5.91 Å². The van der Waals surface area contributed by atoms with E-state index in [0.717, 1.165) is 10.0 Å². The second-order valence-corrected chi connectivity index (χ2v) is 5.34. The fourth-order valence-electron chi connectivity index (χ4n) is 1.61. The van der Waals surface area contributed by atoms with Crippen molar-refractivity contribution in [2.45, 2.75) is 6.61 Å². The standard InChI is InChI=1S/C13H11Br2NO3/c1-18-7-9-10(14)3-2-4-11(9)16-13(17)8-5-6-19-12(8)15/h2-6H,7H2,1H3,(H,16,17). The molecule has 1 heterocycles. The molecule has 0 saturated carbocycles. The van der Waals surface area contributed by atoms with Crippen molar-refractivity contribution in [3.8, 4) is 0 Å². The molecule has 2 aromatic rings. The molecule has 0 radical (unpaired) electrons. The first-order valence-electron chi connectivity index (χ1n) is 5.44. The monoisotopic (exact) mass is 387 g/mol. The lowest BCUT2D eigenvalue weighted by Gasteiger charge is -2.11. The summed E-state index contributed by atoms with van der Waals surface area (Å²) in [5.41, 5.74) is 2.04. The van der Waals surface area contributed by atoms with Crippen LogP contribution in [0.1, 0.15) is 15.9 Å². The van der Waals surface area contributed by atoms with Crippen LogP contribution < -0.4 is 5.32 Å². The van der Waals surface area contributed by atoms with Gasteiger partial charge in [-0.2, -0.15) is 0 Å². The number of anilines is 1. The molecule has 1 aromatic carbocycles. The third-order valence-corrected chi connectivity index (χ3v) is 3.88. The molecule has 1 N–H and O–H groups in total. The predicted molar refractivity (Wildman–Crippen MR) is 79.2 cm³/mol. The van der Waals surface area contributed by atoms with E-state index in [1.807, 2.05) is 18.2 Å². The molecule has 1 amide bonds. The number of halogens is 2. The lowest BCUT2D eigenvalue weighted by atomic mass is 10.2. The number of carbonyl (C=O) groups excluding carboxylic acids is 1. The molecule has 100 valence electrons. The summed E-state index contributed by atoms with van der Waals surface area (Å²) in [5.74, 6) is -0.240. The first kappa shape index (κ1) is 14.3. The van der Waals surface area contributed by atoms with E-state index in [0.29, 0.717) is 22.5 Å². The summed E-state index contributed by atoms with van der Waals surface area (Å²) in [5, 5.41) is 2.84. The van der Waals surface area contributed by atoms with Crippen molar-refractivity contribution in [3.63, 3.8) is 0 Å². The van der Waals surface area contributed by atoms with Crippen LogP contribution in [0.2, 0.25) is 0 Å². The average Bonchev–Trinajstić information content (AvgIpc) is 2.80. The molecule has 0 fully saturated rings. The summed E-state index contributed by atoms with van der Waals surface area (Å²) in [4.78, 5) is 12.1. The van der Waals surface area contributed by atoms with Gasteiger partial charge in [-0.25, -0.2) is 0 Å². The summed E-state index contributed by atoms with van der Waals surface area (Å²) in [6.45, 7) is 0.406. The highest BCUT2D eigenvalue weighted by Crippen LogP contribution is 2.27. The van der Waals surface area contributed by atoms with E-state index in [9.17, 15) is 4.79 Å². The maximum absolute atomic E-state index is 12.1. The van der Waals surface area contributed by atoms with Gasteiger partial charge in [0.1, 0.15) is 0 Å². The molecule has 0 aliphatic heterocycles. The van der Waals surface area contributed by atoms with E-state index >= 15 is 0 Å². The number of furan rings is 1. The second-order valence-electron chi connectivity index (χ2n) is 3.76. The fourth-order valence-corrected chi connectivity index (χ4v) is 2.51. The minimum absolute atomic E-state index is 0.240. The lowest BCUT2D eigenvalue weighted by Crippen LogP contribution is -2.13. The number of carbonyl (C=O) groups is 1. The van der Waals surface area contributed by atoms with Gasteiger partial charge in [-0.3, -0.25) is 4.79 Å². The molecule has 0 spiro atoms. The Morgan fingerprint density at radius 1 is 1.37 bits per heavy atom. The molecule has 19 heavy (non-hydrogen) atoms. The topological polar surface area (TPSA) is 51.5 Å². The Morgan fingerprint density at radius 3 is 2.79 bits per heavy atom. The van der Waals surface area contributed by atoms with Crippen LogP contribution >= 0.6 is 31.9 Å². The predicted octanol–water partition coefficient (Wildman–Crippen LogP) is 4.20. The summed E-state index contributed by atoms with van der Waals surface area (Å²) >= 11 is 6.62. The third kappa shape index (κ3) is 3.26. The van der Waals surface area contributed by atoms with Crippen molar-refractivity contribution >= 4 is 43.5 Å². The summed E-state index contributed by atoms with van der Waals surface area (Å²) in [6, 6.07) is 7.18. The number of nitrogens with one attached hydrogen (secondary N) is 1. The summed E-state index contributed by atoms with van der Waals surface area (Å²) in [6.07, 6.45) is 1.45. The number of ether oxygens (including phenoxy) is 1. The summed E-state index contributed by atoms with van der Waals surface area (Å²) in [7, 11) is 1.61. The maximum atomic E-state index is 12.1. The van der Waals surface area contributed by atoms with Gasteiger partial charge in [0.15, 0.2) is 4.67 Å². The second kappa shape index (κ2) is 6.36. The molecular weight excluding hydrogens is 378 g/mol. The molecule has 1 aromatic heterocycles. The van der Waals surface area contributed by atoms with E-state index in [1.165, 1.54) is 6.26 Å². The zero-order valence-corrected chi connectivity index (χ0v) is 13.2. The van der Waals surface area contributed by atoms with Gasteiger partial charge >= 0.3 is 0 Å². The van der Waals surface area contributed by atoms with Gasteiger partial charge in [-0.05, 0) is 34.1 Å². The van der Waals surface area contributed by atoms with Crippen molar-refractivity contribution in [3.05, 3.63) is 50.8 Å². The molecule has 6 heteroatoms. The molecule has 0 saturated heterocycles. The number of methoxy groups -OCH3 is 1. The van der Waals surface area contributed by atoms with Gasteiger partial charge in [0, 0.05) is 22.8 Å². The van der Waals surface area contributed by atoms with Crippen LogP contribution in [-0.4, -0.2) is 13.0 Å².